The molecule has 2 aromatic carbocycles. The summed E-state index contributed by atoms with van der Waals surface area (Å²) in [6.45, 7) is 3.66. The average Bonchev–Trinajstić information content (AvgIpc) is 3.37. The van der Waals surface area contributed by atoms with Crippen LogP contribution >= 0.6 is 23.4 Å². The number of thioether (sulfide) groups is 1. The van der Waals surface area contributed by atoms with E-state index in [1.54, 1.807) is 54.1 Å². The van der Waals surface area contributed by atoms with Crippen molar-refractivity contribution in [2.45, 2.75) is 19.0 Å². The Morgan fingerprint density at radius 3 is 2.75 bits per heavy atom. The first-order valence-electron chi connectivity index (χ1n) is 9.75. The number of hydrogen-bond acceptors (Lipinski definition) is 5. The Balaban J connectivity index is 1.52. The lowest BCUT2D eigenvalue weighted by atomic mass is 10.2. The van der Waals surface area contributed by atoms with Crippen molar-refractivity contribution >= 4 is 29.1 Å². The highest BCUT2D eigenvalue weighted by atomic mass is 35.5. The number of aromatic amines is 1. The van der Waals surface area contributed by atoms with E-state index in [1.807, 2.05) is 13.8 Å². The molecule has 32 heavy (non-hydrogen) atoms. The quantitative estimate of drug-likeness (QED) is 0.279. The lowest BCUT2D eigenvalue weighted by Gasteiger charge is -2.10. The van der Waals surface area contributed by atoms with Gasteiger partial charge in [0.25, 0.3) is 0 Å². The van der Waals surface area contributed by atoms with Crippen molar-refractivity contribution in [3.05, 3.63) is 76.3 Å². The fourth-order valence-corrected chi connectivity index (χ4v) is 4.41. The molecule has 0 radical (unpaired) electrons. The molecule has 6 nitrogen and oxygen atoms in total. The summed E-state index contributed by atoms with van der Waals surface area (Å²) in [4.78, 5) is 17.4. The highest BCUT2D eigenvalue weighted by Crippen LogP contribution is 2.31. The van der Waals surface area contributed by atoms with E-state index in [0.29, 0.717) is 44.3 Å². The van der Waals surface area contributed by atoms with Gasteiger partial charge in [-0.15, -0.1) is 5.10 Å². The van der Waals surface area contributed by atoms with E-state index in [1.165, 1.54) is 17.8 Å². The molecule has 1 N–H and O–H groups in total. The van der Waals surface area contributed by atoms with Crippen LogP contribution in [-0.2, 0) is 0 Å². The molecule has 0 saturated heterocycles. The zero-order valence-electron chi connectivity index (χ0n) is 17.6. The normalized spacial score (nSPS) is 11.0. The SMILES string of the molecule is COc1ccc(Cl)cc1-c1nc(SCC(=O)c2cc(C)n(-c3ccccc3F)c2C)n[nH]1. The molecule has 0 spiro atoms. The summed E-state index contributed by atoms with van der Waals surface area (Å²) in [5, 5.41) is 8.03. The molecule has 2 heterocycles. The topological polar surface area (TPSA) is 72.8 Å². The molecule has 2 aromatic heterocycles. The highest BCUT2D eigenvalue weighted by molar-refractivity contribution is 7.99. The van der Waals surface area contributed by atoms with Crippen LogP contribution in [-0.4, -0.2) is 38.4 Å². The Morgan fingerprint density at radius 1 is 1.22 bits per heavy atom. The second-order valence-corrected chi connectivity index (χ2v) is 8.47. The maximum atomic E-state index is 14.3. The van der Waals surface area contributed by atoms with Crippen LogP contribution in [0.2, 0.25) is 5.02 Å². The number of para-hydroxylation sites is 1. The molecule has 0 saturated carbocycles. The Bertz CT molecular complexity index is 1300. The molecule has 0 unspecified atom stereocenters. The van der Waals surface area contributed by atoms with Gasteiger partial charge in [-0.2, -0.15) is 0 Å². The molecule has 164 valence electrons. The number of carbonyl (C=O) groups excluding carboxylic acids is 1. The van der Waals surface area contributed by atoms with Crippen LogP contribution in [0.4, 0.5) is 4.39 Å². The third kappa shape index (κ3) is 4.28. The van der Waals surface area contributed by atoms with Crippen molar-refractivity contribution in [2.75, 3.05) is 12.9 Å². The van der Waals surface area contributed by atoms with Gasteiger partial charge in [-0.05, 0) is 50.2 Å². The molecule has 0 aliphatic carbocycles. The van der Waals surface area contributed by atoms with Gasteiger partial charge < -0.3 is 9.30 Å². The first-order valence-corrected chi connectivity index (χ1v) is 11.1. The minimum absolute atomic E-state index is 0.0858. The number of aryl methyl sites for hydroxylation is 1. The number of hydrogen-bond donors (Lipinski definition) is 1. The lowest BCUT2D eigenvalue weighted by Crippen LogP contribution is -2.06. The maximum absolute atomic E-state index is 14.3. The predicted molar refractivity (Wildman–Crippen MR) is 124 cm³/mol. The summed E-state index contributed by atoms with van der Waals surface area (Å²) < 4.78 is 21.4. The number of aromatic nitrogens is 4. The first-order chi connectivity index (χ1) is 15.4. The second-order valence-electron chi connectivity index (χ2n) is 7.09. The van der Waals surface area contributed by atoms with Gasteiger partial charge in [-0.3, -0.25) is 9.89 Å². The summed E-state index contributed by atoms with van der Waals surface area (Å²) in [6, 6.07) is 13.5. The van der Waals surface area contributed by atoms with Gasteiger partial charge in [0.05, 0.1) is 24.1 Å². The Labute approximate surface area is 193 Å². The summed E-state index contributed by atoms with van der Waals surface area (Å²) in [6.07, 6.45) is 0. The van der Waals surface area contributed by atoms with Crippen molar-refractivity contribution < 1.29 is 13.9 Å². The van der Waals surface area contributed by atoms with Gasteiger partial charge in [0, 0.05) is 22.0 Å². The summed E-state index contributed by atoms with van der Waals surface area (Å²) in [5.74, 6) is 0.825. The molecule has 0 fully saturated rings. The Hall–Kier alpha value is -3.10. The molecule has 4 aromatic rings. The van der Waals surface area contributed by atoms with Gasteiger partial charge in [-0.25, -0.2) is 9.37 Å². The molecule has 4 rings (SSSR count). The number of nitrogens with zero attached hydrogens (tertiary/aromatic N) is 3. The van der Waals surface area contributed by atoms with E-state index in [9.17, 15) is 9.18 Å². The van der Waals surface area contributed by atoms with E-state index in [-0.39, 0.29) is 17.4 Å². The third-order valence-corrected chi connectivity index (χ3v) is 6.12. The number of H-pyrrole nitrogens is 1. The van der Waals surface area contributed by atoms with Gasteiger partial charge in [0.1, 0.15) is 11.6 Å². The number of nitrogens with one attached hydrogen (secondary N) is 1. The second kappa shape index (κ2) is 9.18. The van der Waals surface area contributed by atoms with Crippen LogP contribution in [0.3, 0.4) is 0 Å². The molecular weight excluding hydrogens is 451 g/mol. The van der Waals surface area contributed by atoms with Gasteiger partial charge in [0.2, 0.25) is 5.16 Å². The number of benzene rings is 2. The molecule has 0 amide bonds. The van der Waals surface area contributed by atoms with E-state index < -0.39 is 0 Å². The first kappa shape index (κ1) is 22.1. The minimum Gasteiger partial charge on any atom is -0.496 e. The van der Waals surface area contributed by atoms with E-state index >= 15 is 0 Å². The summed E-state index contributed by atoms with van der Waals surface area (Å²) in [7, 11) is 1.56. The van der Waals surface area contributed by atoms with Crippen LogP contribution in [0.25, 0.3) is 17.1 Å². The van der Waals surface area contributed by atoms with Crippen molar-refractivity contribution in [1.29, 1.82) is 0 Å². The van der Waals surface area contributed by atoms with Crippen LogP contribution in [0, 0.1) is 19.7 Å². The summed E-state index contributed by atoms with van der Waals surface area (Å²) in [5.41, 5.74) is 3.12. The zero-order valence-corrected chi connectivity index (χ0v) is 19.2. The van der Waals surface area contributed by atoms with E-state index in [0.717, 1.165) is 5.69 Å². The van der Waals surface area contributed by atoms with Gasteiger partial charge in [-0.1, -0.05) is 35.5 Å². The van der Waals surface area contributed by atoms with E-state index in [2.05, 4.69) is 15.2 Å². The largest absolute Gasteiger partial charge is 0.496 e. The smallest absolute Gasteiger partial charge is 0.209 e. The molecule has 0 aliphatic heterocycles. The van der Waals surface area contributed by atoms with E-state index in [4.69, 9.17) is 16.3 Å². The monoisotopic (exact) mass is 470 g/mol. The van der Waals surface area contributed by atoms with Crippen molar-refractivity contribution in [1.82, 2.24) is 19.7 Å². The van der Waals surface area contributed by atoms with Crippen molar-refractivity contribution in [3.8, 4) is 22.8 Å². The number of Topliss-reactive ketones (excluding diaryl/α,β-unsaturated/α-hetero) is 1. The average molecular weight is 471 g/mol. The standard InChI is InChI=1S/C23H20ClFN4O2S/c1-13-10-16(14(2)29(13)19-7-5-4-6-18(19)25)20(30)12-32-23-26-22(27-28-23)17-11-15(24)8-9-21(17)31-3/h4-11H,12H2,1-3H3,(H,26,27,28). The molecular formula is C23H20ClFN4O2S. The lowest BCUT2D eigenvalue weighted by molar-refractivity contribution is 0.102. The van der Waals surface area contributed by atoms with Crippen LogP contribution < -0.4 is 4.74 Å². The van der Waals surface area contributed by atoms with Gasteiger partial charge in [0.15, 0.2) is 11.6 Å². The molecule has 9 heteroatoms. The fourth-order valence-electron chi connectivity index (χ4n) is 3.55. The maximum Gasteiger partial charge on any atom is 0.209 e. The molecule has 0 atom stereocenters. The zero-order chi connectivity index (χ0) is 22.8. The number of rotatable bonds is 7. The van der Waals surface area contributed by atoms with Crippen LogP contribution in [0.5, 0.6) is 5.75 Å². The molecule has 0 aliphatic rings. The Morgan fingerprint density at radius 2 is 2.00 bits per heavy atom. The fraction of sp³-hybridized carbons (Fsp3) is 0.174. The predicted octanol–water partition coefficient (Wildman–Crippen LogP) is 5.66. The summed E-state index contributed by atoms with van der Waals surface area (Å²) >= 11 is 7.31. The van der Waals surface area contributed by atoms with Crippen molar-refractivity contribution in [2.24, 2.45) is 0 Å². The van der Waals surface area contributed by atoms with Gasteiger partial charge >= 0.3 is 0 Å². The number of ether oxygens (including phenoxy) is 1. The molecule has 0 bridgehead atoms. The van der Waals surface area contributed by atoms with Crippen molar-refractivity contribution in [3.63, 3.8) is 0 Å². The highest BCUT2D eigenvalue weighted by Gasteiger charge is 2.19. The minimum atomic E-state index is -0.340. The number of ketones is 1. The third-order valence-electron chi connectivity index (χ3n) is 5.04. The number of methoxy groups -OCH3 is 1. The number of halogens is 2. The van der Waals surface area contributed by atoms with Crippen LogP contribution in [0.1, 0.15) is 21.7 Å². The number of carbonyl (C=O) groups is 1. The van der Waals surface area contributed by atoms with Crippen LogP contribution in [0.15, 0.2) is 53.7 Å². The Kier molecular flexibility index (Phi) is 6.34.